The van der Waals surface area contributed by atoms with Crippen LogP contribution in [0.15, 0.2) is 24.3 Å². The normalized spacial score (nSPS) is 12.6. The van der Waals surface area contributed by atoms with Gasteiger partial charge in [-0.1, -0.05) is 26.0 Å². The van der Waals surface area contributed by atoms with E-state index in [2.05, 4.69) is 16.0 Å². The second-order valence-electron chi connectivity index (χ2n) is 6.43. The van der Waals surface area contributed by atoms with E-state index in [4.69, 9.17) is 4.74 Å². The first-order chi connectivity index (χ1) is 12.9. The second-order valence-corrected chi connectivity index (χ2v) is 6.43. The Labute approximate surface area is 160 Å². The number of methoxy groups -OCH3 is 1. The number of hydrogen-bond donors (Lipinski definition) is 4. The minimum atomic E-state index is -0.510. The second kappa shape index (κ2) is 11.9. The Morgan fingerprint density at radius 2 is 1.78 bits per heavy atom. The lowest BCUT2D eigenvalue weighted by molar-refractivity contribution is -0.883. The molecular weight excluding hydrogens is 348 g/mol. The zero-order chi connectivity index (χ0) is 20.2. The van der Waals surface area contributed by atoms with Gasteiger partial charge >= 0.3 is 6.03 Å². The van der Waals surface area contributed by atoms with E-state index < -0.39 is 11.9 Å². The molecule has 0 spiro atoms. The van der Waals surface area contributed by atoms with Crippen LogP contribution >= 0.6 is 0 Å². The molecule has 0 fully saturated rings. The minimum absolute atomic E-state index is 0.0106. The number of para-hydroxylation sites is 2. The molecule has 27 heavy (non-hydrogen) atoms. The number of rotatable bonds is 10. The molecule has 1 aromatic rings. The van der Waals surface area contributed by atoms with Crippen LogP contribution in [0.2, 0.25) is 0 Å². The molecule has 4 amide bonds. The van der Waals surface area contributed by atoms with Crippen LogP contribution in [0.1, 0.15) is 33.6 Å². The summed E-state index contributed by atoms with van der Waals surface area (Å²) in [7, 11) is 1.54. The average Bonchev–Trinajstić information content (AvgIpc) is 2.61. The molecule has 8 nitrogen and oxygen atoms in total. The molecule has 0 saturated heterocycles. The lowest BCUT2D eigenvalue weighted by Crippen LogP contribution is -3.14. The van der Waals surface area contributed by atoms with E-state index in [1.54, 1.807) is 18.2 Å². The quantitative estimate of drug-likeness (QED) is 0.477. The fraction of sp³-hybridized carbons (Fsp3) is 0.526. The predicted molar refractivity (Wildman–Crippen MR) is 104 cm³/mol. The Hall–Kier alpha value is -2.61. The molecule has 1 rings (SSSR count). The van der Waals surface area contributed by atoms with Gasteiger partial charge in [-0.2, -0.15) is 0 Å². The summed E-state index contributed by atoms with van der Waals surface area (Å²) < 4.78 is 5.22. The highest BCUT2D eigenvalue weighted by atomic mass is 16.5. The van der Waals surface area contributed by atoms with Crippen molar-refractivity contribution in [2.24, 2.45) is 0 Å². The molecule has 150 valence electrons. The summed E-state index contributed by atoms with van der Waals surface area (Å²) in [6.07, 6.45) is 1.58. The Kier molecular flexibility index (Phi) is 9.89. The Balaban J connectivity index is 2.58. The van der Waals surface area contributed by atoms with Gasteiger partial charge in [0.1, 0.15) is 5.75 Å². The number of urea groups is 1. The van der Waals surface area contributed by atoms with Crippen LogP contribution in [-0.2, 0) is 9.59 Å². The fourth-order valence-electron chi connectivity index (χ4n) is 2.52. The summed E-state index contributed by atoms with van der Waals surface area (Å²) in [4.78, 5) is 37.0. The van der Waals surface area contributed by atoms with E-state index in [0.29, 0.717) is 18.0 Å². The van der Waals surface area contributed by atoms with E-state index >= 15 is 0 Å². The first-order valence-electron chi connectivity index (χ1n) is 9.26. The van der Waals surface area contributed by atoms with Crippen molar-refractivity contribution in [3.05, 3.63) is 24.3 Å². The summed E-state index contributed by atoms with van der Waals surface area (Å²) >= 11 is 0. The minimum Gasteiger partial charge on any atom is -0.495 e. The molecule has 0 radical (unpaired) electrons. The van der Waals surface area contributed by atoms with E-state index in [-0.39, 0.29) is 25.0 Å². The van der Waals surface area contributed by atoms with Crippen LogP contribution in [0.4, 0.5) is 10.5 Å². The maximum Gasteiger partial charge on any atom is 0.321 e. The highest BCUT2D eigenvalue weighted by Gasteiger charge is 2.20. The number of carbonyl (C=O) groups is 3. The molecule has 0 aliphatic rings. The molecule has 1 unspecified atom stereocenters. The van der Waals surface area contributed by atoms with Gasteiger partial charge in [0.15, 0.2) is 13.1 Å². The molecule has 0 bridgehead atoms. The standard InChI is InChI=1S/C19H30N4O4/c1-5-11-23(13-18(25)22-19(26)20-14(3)6-2)12-17(24)21-15-9-7-8-10-16(15)27-4/h7-10,14H,5-6,11-13H2,1-4H3,(H,21,24)(H2,20,22,25,26)/p+1/t14-/m1/s1. The molecule has 0 aliphatic heterocycles. The number of ether oxygens (including phenoxy) is 1. The zero-order valence-electron chi connectivity index (χ0n) is 16.6. The number of benzene rings is 1. The first kappa shape index (κ1) is 22.4. The summed E-state index contributed by atoms with van der Waals surface area (Å²) in [6, 6.07) is 6.61. The van der Waals surface area contributed by atoms with Gasteiger partial charge in [0.05, 0.1) is 19.3 Å². The molecule has 1 aromatic carbocycles. The number of carbonyl (C=O) groups excluding carboxylic acids is 3. The SMILES string of the molecule is CCC[NH+](CC(=O)NC(=O)N[C@H](C)CC)CC(=O)Nc1ccccc1OC. The van der Waals surface area contributed by atoms with Crippen molar-refractivity contribution in [2.45, 2.75) is 39.7 Å². The molecule has 2 atom stereocenters. The summed E-state index contributed by atoms with van der Waals surface area (Å²) in [5.41, 5.74) is 0.582. The molecule has 8 heteroatoms. The van der Waals surface area contributed by atoms with Gasteiger partial charge in [-0.25, -0.2) is 4.79 Å². The molecule has 0 saturated carbocycles. The van der Waals surface area contributed by atoms with Gasteiger partial charge in [-0.3, -0.25) is 14.9 Å². The van der Waals surface area contributed by atoms with E-state index in [1.807, 2.05) is 26.8 Å². The Morgan fingerprint density at radius 3 is 2.41 bits per heavy atom. The average molecular weight is 379 g/mol. The number of imide groups is 1. The molecule has 4 N–H and O–H groups in total. The smallest absolute Gasteiger partial charge is 0.321 e. The lowest BCUT2D eigenvalue weighted by Gasteiger charge is -2.19. The van der Waals surface area contributed by atoms with Crippen molar-refractivity contribution in [1.29, 1.82) is 0 Å². The van der Waals surface area contributed by atoms with Crippen LogP contribution in [-0.4, -0.2) is 50.6 Å². The number of anilines is 1. The summed E-state index contributed by atoms with van der Waals surface area (Å²) in [5.74, 6) is -0.0634. The third kappa shape index (κ3) is 8.54. The van der Waals surface area contributed by atoms with Gasteiger partial charge in [-0.05, 0) is 31.9 Å². The topological polar surface area (TPSA) is 101 Å². The van der Waals surface area contributed by atoms with Gasteiger partial charge in [0, 0.05) is 6.04 Å². The predicted octanol–water partition coefficient (Wildman–Crippen LogP) is 0.553. The van der Waals surface area contributed by atoms with Gasteiger partial charge in [0.25, 0.3) is 11.8 Å². The van der Waals surface area contributed by atoms with Crippen molar-refractivity contribution < 1.29 is 24.0 Å². The fourth-order valence-corrected chi connectivity index (χ4v) is 2.52. The van der Waals surface area contributed by atoms with Crippen LogP contribution in [0.3, 0.4) is 0 Å². The van der Waals surface area contributed by atoms with Crippen molar-refractivity contribution in [2.75, 3.05) is 32.1 Å². The zero-order valence-corrected chi connectivity index (χ0v) is 16.6. The molecule has 0 aromatic heterocycles. The lowest BCUT2D eigenvalue weighted by atomic mass is 10.3. The maximum atomic E-state index is 12.4. The van der Waals surface area contributed by atoms with Crippen molar-refractivity contribution >= 4 is 23.5 Å². The number of amides is 4. The van der Waals surface area contributed by atoms with Crippen molar-refractivity contribution in [1.82, 2.24) is 10.6 Å². The van der Waals surface area contributed by atoms with E-state index in [1.165, 1.54) is 7.11 Å². The summed E-state index contributed by atoms with van der Waals surface area (Å²) in [6.45, 7) is 6.58. The number of nitrogens with one attached hydrogen (secondary N) is 4. The monoisotopic (exact) mass is 379 g/mol. The Bertz CT molecular complexity index is 636. The van der Waals surface area contributed by atoms with Crippen LogP contribution in [0.5, 0.6) is 5.75 Å². The molecular formula is C19H31N4O4+. The maximum absolute atomic E-state index is 12.4. The van der Waals surface area contributed by atoms with E-state index in [9.17, 15) is 14.4 Å². The highest BCUT2D eigenvalue weighted by Crippen LogP contribution is 2.22. The number of quaternary nitrogens is 1. The van der Waals surface area contributed by atoms with Gasteiger partial charge < -0.3 is 20.3 Å². The highest BCUT2D eigenvalue weighted by molar-refractivity contribution is 5.95. The summed E-state index contributed by atoms with van der Waals surface area (Å²) in [5, 5.41) is 7.79. The third-order valence-corrected chi connectivity index (χ3v) is 4.05. The van der Waals surface area contributed by atoms with Gasteiger partial charge in [0.2, 0.25) is 0 Å². The van der Waals surface area contributed by atoms with Gasteiger partial charge in [-0.15, -0.1) is 0 Å². The van der Waals surface area contributed by atoms with Crippen LogP contribution in [0.25, 0.3) is 0 Å². The van der Waals surface area contributed by atoms with Crippen molar-refractivity contribution in [3.63, 3.8) is 0 Å². The van der Waals surface area contributed by atoms with Crippen molar-refractivity contribution in [3.8, 4) is 5.75 Å². The Morgan fingerprint density at radius 1 is 1.11 bits per heavy atom. The largest absolute Gasteiger partial charge is 0.495 e. The van der Waals surface area contributed by atoms with Crippen LogP contribution < -0.4 is 25.6 Å². The van der Waals surface area contributed by atoms with E-state index in [0.717, 1.165) is 17.7 Å². The van der Waals surface area contributed by atoms with Crippen LogP contribution in [0, 0.1) is 0 Å². The number of hydrogen-bond acceptors (Lipinski definition) is 4. The molecule has 0 heterocycles. The third-order valence-electron chi connectivity index (χ3n) is 4.05. The molecule has 0 aliphatic carbocycles. The first-order valence-corrected chi connectivity index (χ1v) is 9.26.